The van der Waals surface area contributed by atoms with E-state index >= 15 is 0 Å². The summed E-state index contributed by atoms with van der Waals surface area (Å²) in [7, 11) is 0. The summed E-state index contributed by atoms with van der Waals surface area (Å²) in [5.74, 6) is 0.412. The summed E-state index contributed by atoms with van der Waals surface area (Å²) in [5.41, 5.74) is 0. The molecule has 2 rings (SSSR count). The van der Waals surface area contributed by atoms with Gasteiger partial charge < -0.3 is 10.2 Å². The number of carbonyl (C=O) groups is 2. The van der Waals surface area contributed by atoms with Gasteiger partial charge in [-0.25, -0.2) is 0 Å². The molecule has 4 heteroatoms. The molecule has 2 saturated heterocycles. The standard InChI is InChI=1S/C6H9NO.C4H7NO.C2H4/c1-2-7-5-3-4-6(7)8;6-4-2-1-3-5-4;1-2/h2H,1,3-5H2;1-3H2,(H,5,6);1-2H2. The van der Waals surface area contributed by atoms with Crippen LogP contribution in [0.2, 0.25) is 0 Å². The molecule has 2 aliphatic rings. The van der Waals surface area contributed by atoms with Crippen molar-refractivity contribution in [2.45, 2.75) is 25.7 Å². The van der Waals surface area contributed by atoms with Crippen LogP contribution in [0.4, 0.5) is 0 Å². The summed E-state index contributed by atoms with van der Waals surface area (Å²) in [6.45, 7) is 11.2. The molecule has 0 atom stereocenters. The lowest BCUT2D eigenvalue weighted by Gasteiger charge is -2.05. The number of amides is 2. The van der Waals surface area contributed by atoms with E-state index < -0.39 is 0 Å². The van der Waals surface area contributed by atoms with Crippen LogP contribution in [-0.4, -0.2) is 29.8 Å². The van der Waals surface area contributed by atoms with Crippen molar-refractivity contribution in [3.63, 3.8) is 0 Å². The molecule has 0 aromatic carbocycles. The first kappa shape index (κ1) is 14.4. The Hall–Kier alpha value is -1.58. The highest BCUT2D eigenvalue weighted by Crippen LogP contribution is 2.08. The highest BCUT2D eigenvalue weighted by atomic mass is 16.2. The largest absolute Gasteiger partial charge is 0.356 e. The fourth-order valence-electron chi connectivity index (χ4n) is 1.43. The first-order chi connectivity index (χ1) is 7.74. The van der Waals surface area contributed by atoms with Gasteiger partial charge in [0.15, 0.2) is 0 Å². The molecule has 0 aliphatic carbocycles. The van der Waals surface area contributed by atoms with Gasteiger partial charge in [0.2, 0.25) is 11.8 Å². The summed E-state index contributed by atoms with van der Waals surface area (Å²) < 4.78 is 0. The fraction of sp³-hybridized carbons (Fsp3) is 0.500. The Kier molecular flexibility index (Phi) is 7.85. The van der Waals surface area contributed by atoms with Crippen molar-refractivity contribution < 1.29 is 9.59 Å². The van der Waals surface area contributed by atoms with Crippen LogP contribution < -0.4 is 5.32 Å². The van der Waals surface area contributed by atoms with Crippen LogP contribution >= 0.6 is 0 Å². The SMILES string of the molecule is C=C.C=CN1CCCC1=O.O=C1CCCN1. The topological polar surface area (TPSA) is 49.4 Å². The Morgan fingerprint density at radius 2 is 1.88 bits per heavy atom. The van der Waals surface area contributed by atoms with E-state index in [0.29, 0.717) is 6.42 Å². The number of hydrogen-bond acceptors (Lipinski definition) is 2. The zero-order valence-electron chi connectivity index (χ0n) is 9.71. The predicted octanol–water partition coefficient (Wildman–Crippen LogP) is 1.45. The van der Waals surface area contributed by atoms with Crippen molar-refractivity contribution in [1.29, 1.82) is 0 Å². The maximum atomic E-state index is 10.7. The van der Waals surface area contributed by atoms with Crippen LogP contribution in [0, 0.1) is 0 Å². The van der Waals surface area contributed by atoms with Crippen molar-refractivity contribution in [1.82, 2.24) is 10.2 Å². The number of nitrogens with zero attached hydrogens (tertiary/aromatic N) is 1. The number of carbonyl (C=O) groups excluding carboxylic acids is 2. The van der Waals surface area contributed by atoms with E-state index in [2.05, 4.69) is 25.1 Å². The van der Waals surface area contributed by atoms with Crippen molar-refractivity contribution in [2.75, 3.05) is 13.1 Å². The molecule has 0 saturated carbocycles. The van der Waals surface area contributed by atoms with Crippen molar-refractivity contribution in [2.24, 2.45) is 0 Å². The first-order valence-electron chi connectivity index (χ1n) is 5.43. The lowest BCUT2D eigenvalue weighted by molar-refractivity contribution is -0.125. The molecule has 16 heavy (non-hydrogen) atoms. The van der Waals surface area contributed by atoms with Gasteiger partial charge in [-0.05, 0) is 19.0 Å². The fourth-order valence-corrected chi connectivity index (χ4v) is 1.43. The summed E-state index contributed by atoms with van der Waals surface area (Å²) in [5, 5.41) is 2.68. The van der Waals surface area contributed by atoms with Gasteiger partial charge in [0.1, 0.15) is 0 Å². The lowest BCUT2D eigenvalue weighted by atomic mass is 10.4. The lowest BCUT2D eigenvalue weighted by Crippen LogP contribution is -2.16. The molecule has 4 nitrogen and oxygen atoms in total. The molecule has 0 radical (unpaired) electrons. The average Bonchev–Trinajstić information content (AvgIpc) is 2.93. The molecular weight excluding hydrogens is 204 g/mol. The van der Waals surface area contributed by atoms with E-state index in [0.717, 1.165) is 32.4 Å². The Morgan fingerprint density at radius 1 is 1.19 bits per heavy atom. The molecule has 0 spiro atoms. The normalized spacial score (nSPS) is 17.9. The average molecular weight is 224 g/mol. The molecule has 2 fully saturated rings. The third kappa shape index (κ3) is 5.34. The zero-order chi connectivity index (χ0) is 12.4. The highest BCUT2D eigenvalue weighted by molar-refractivity contribution is 5.79. The molecule has 2 amide bonds. The third-order valence-corrected chi connectivity index (χ3v) is 2.23. The van der Waals surface area contributed by atoms with Crippen molar-refractivity contribution in [3.8, 4) is 0 Å². The Balaban J connectivity index is 0.000000251. The smallest absolute Gasteiger partial charge is 0.226 e. The van der Waals surface area contributed by atoms with Gasteiger partial charge in [0.05, 0.1) is 0 Å². The maximum Gasteiger partial charge on any atom is 0.226 e. The van der Waals surface area contributed by atoms with E-state index in [9.17, 15) is 9.59 Å². The molecule has 2 heterocycles. The minimum Gasteiger partial charge on any atom is -0.356 e. The second-order valence-corrected chi connectivity index (χ2v) is 3.33. The van der Waals surface area contributed by atoms with E-state index in [1.54, 1.807) is 11.1 Å². The molecule has 90 valence electrons. The predicted molar refractivity (Wildman–Crippen MR) is 64.6 cm³/mol. The molecule has 2 aliphatic heterocycles. The Labute approximate surface area is 97.0 Å². The van der Waals surface area contributed by atoms with Gasteiger partial charge in [-0.1, -0.05) is 6.58 Å². The maximum absolute atomic E-state index is 10.7. The summed E-state index contributed by atoms with van der Waals surface area (Å²) in [6, 6.07) is 0. The summed E-state index contributed by atoms with van der Waals surface area (Å²) >= 11 is 0. The van der Waals surface area contributed by atoms with Crippen LogP contribution in [0.3, 0.4) is 0 Å². The minimum atomic E-state index is 0.204. The number of rotatable bonds is 1. The molecule has 0 bridgehead atoms. The molecule has 0 aromatic heterocycles. The van der Waals surface area contributed by atoms with Gasteiger partial charge >= 0.3 is 0 Å². The first-order valence-corrected chi connectivity index (χ1v) is 5.43. The minimum absolute atomic E-state index is 0.204. The van der Waals surface area contributed by atoms with Crippen LogP contribution in [0.5, 0.6) is 0 Å². The van der Waals surface area contributed by atoms with Crippen LogP contribution in [0.25, 0.3) is 0 Å². The third-order valence-electron chi connectivity index (χ3n) is 2.23. The second-order valence-electron chi connectivity index (χ2n) is 3.33. The van der Waals surface area contributed by atoms with Gasteiger partial charge in [-0.3, -0.25) is 9.59 Å². The van der Waals surface area contributed by atoms with Crippen LogP contribution in [-0.2, 0) is 9.59 Å². The summed E-state index contributed by atoms with van der Waals surface area (Å²) in [4.78, 5) is 22.4. The van der Waals surface area contributed by atoms with E-state index in [4.69, 9.17) is 0 Å². The van der Waals surface area contributed by atoms with E-state index in [-0.39, 0.29) is 11.8 Å². The van der Waals surface area contributed by atoms with E-state index in [1.165, 1.54) is 0 Å². The highest BCUT2D eigenvalue weighted by Gasteiger charge is 2.15. The molecular formula is C12H20N2O2. The van der Waals surface area contributed by atoms with Crippen molar-refractivity contribution >= 4 is 11.8 Å². The number of hydrogen-bond donors (Lipinski definition) is 1. The second kappa shape index (κ2) is 8.71. The quantitative estimate of drug-likeness (QED) is 0.685. The van der Waals surface area contributed by atoms with Gasteiger partial charge in [0, 0.05) is 25.9 Å². The van der Waals surface area contributed by atoms with Gasteiger partial charge in [0.25, 0.3) is 0 Å². The van der Waals surface area contributed by atoms with Crippen molar-refractivity contribution in [3.05, 3.63) is 25.9 Å². The Morgan fingerprint density at radius 3 is 2.06 bits per heavy atom. The van der Waals surface area contributed by atoms with Gasteiger partial charge in [-0.2, -0.15) is 0 Å². The monoisotopic (exact) mass is 224 g/mol. The molecule has 0 aromatic rings. The zero-order valence-corrected chi connectivity index (χ0v) is 9.71. The van der Waals surface area contributed by atoms with Crippen LogP contribution in [0.1, 0.15) is 25.7 Å². The molecule has 0 unspecified atom stereocenters. The van der Waals surface area contributed by atoms with Crippen LogP contribution in [0.15, 0.2) is 25.9 Å². The van der Waals surface area contributed by atoms with Gasteiger partial charge in [-0.15, -0.1) is 13.2 Å². The molecule has 1 N–H and O–H groups in total. The number of nitrogens with one attached hydrogen (secondary N) is 1. The Bertz CT molecular complexity index is 243. The summed E-state index contributed by atoms with van der Waals surface area (Å²) in [6.07, 6.45) is 5.05. The van der Waals surface area contributed by atoms with E-state index in [1.807, 2.05) is 0 Å². The number of likely N-dealkylation sites (tertiary alicyclic amines) is 1.